The van der Waals surface area contributed by atoms with E-state index in [1.807, 2.05) is 30.3 Å². The summed E-state index contributed by atoms with van der Waals surface area (Å²) in [4.78, 5) is 48.0. The lowest BCUT2D eigenvalue weighted by molar-refractivity contribution is -0.141. The molecule has 0 aromatic heterocycles. The van der Waals surface area contributed by atoms with Crippen molar-refractivity contribution in [3.63, 3.8) is 0 Å². The SMILES string of the molecule is CC(Cc1ccccc1)C(N)C(=O)NC(=O)[C@H](CC(=O)O)NC(=O)OCc1ccccc1. The van der Waals surface area contributed by atoms with Crippen LogP contribution in [-0.4, -0.2) is 41.1 Å². The van der Waals surface area contributed by atoms with Crippen molar-refractivity contribution < 1.29 is 29.0 Å². The highest BCUT2D eigenvalue weighted by atomic mass is 16.5. The second-order valence-electron chi connectivity index (χ2n) is 7.40. The molecule has 0 aliphatic rings. The number of benzene rings is 2. The highest BCUT2D eigenvalue weighted by Gasteiger charge is 2.29. The second-order valence-corrected chi connectivity index (χ2v) is 7.40. The fourth-order valence-electron chi connectivity index (χ4n) is 2.95. The molecule has 2 aromatic carbocycles. The number of nitrogens with two attached hydrogens (primary N) is 1. The molecule has 0 saturated carbocycles. The van der Waals surface area contributed by atoms with Crippen LogP contribution in [0.3, 0.4) is 0 Å². The normalized spacial score (nSPS) is 13.3. The van der Waals surface area contributed by atoms with E-state index in [1.165, 1.54) is 0 Å². The molecule has 0 radical (unpaired) electrons. The number of imide groups is 1. The maximum absolute atomic E-state index is 12.5. The summed E-state index contributed by atoms with van der Waals surface area (Å²) in [6, 6.07) is 15.7. The van der Waals surface area contributed by atoms with Gasteiger partial charge in [0.05, 0.1) is 12.5 Å². The van der Waals surface area contributed by atoms with Gasteiger partial charge in [-0.15, -0.1) is 0 Å². The molecule has 0 aliphatic heterocycles. The molecule has 0 spiro atoms. The maximum atomic E-state index is 12.5. The first-order chi connectivity index (χ1) is 15.3. The molecule has 0 bridgehead atoms. The minimum atomic E-state index is -1.50. The lowest BCUT2D eigenvalue weighted by Crippen LogP contribution is -2.54. The predicted molar refractivity (Wildman–Crippen MR) is 116 cm³/mol. The highest BCUT2D eigenvalue weighted by molar-refractivity contribution is 6.02. The Bertz CT molecular complexity index is 920. The molecule has 0 heterocycles. The van der Waals surface area contributed by atoms with E-state index in [9.17, 15) is 19.2 Å². The summed E-state index contributed by atoms with van der Waals surface area (Å²) in [5.41, 5.74) is 7.68. The summed E-state index contributed by atoms with van der Waals surface area (Å²) in [7, 11) is 0. The Morgan fingerprint density at radius 3 is 2.06 bits per heavy atom. The number of carbonyl (C=O) groups excluding carboxylic acids is 3. The minimum absolute atomic E-state index is 0.0606. The summed E-state index contributed by atoms with van der Waals surface area (Å²) in [5, 5.41) is 13.3. The van der Waals surface area contributed by atoms with Crippen molar-refractivity contribution in [2.45, 2.75) is 38.5 Å². The van der Waals surface area contributed by atoms with Crippen molar-refractivity contribution >= 4 is 23.9 Å². The van der Waals surface area contributed by atoms with E-state index < -0.39 is 42.4 Å². The van der Waals surface area contributed by atoms with E-state index in [2.05, 4.69) is 10.6 Å². The van der Waals surface area contributed by atoms with Gasteiger partial charge in [-0.05, 0) is 23.5 Å². The Labute approximate surface area is 185 Å². The van der Waals surface area contributed by atoms with Gasteiger partial charge in [0.25, 0.3) is 0 Å². The Kier molecular flexibility index (Phi) is 9.37. The van der Waals surface area contributed by atoms with E-state index in [1.54, 1.807) is 37.3 Å². The third kappa shape index (κ3) is 8.19. The minimum Gasteiger partial charge on any atom is -0.481 e. The topological polar surface area (TPSA) is 148 Å². The lowest BCUT2D eigenvalue weighted by Gasteiger charge is -2.21. The second kappa shape index (κ2) is 12.2. The summed E-state index contributed by atoms with van der Waals surface area (Å²) in [6.45, 7) is 1.71. The number of nitrogens with one attached hydrogen (secondary N) is 2. The van der Waals surface area contributed by atoms with Crippen LogP contribution in [0.15, 0.2) is 60.7 Å². The number of carboxylic acids is 1. The van der Waals surface area contributed by atoms with Crippen LogP contribution in [0.2, 0.25) is 0 Å². The van der Waals surface area contributed by atoms with Gasteiger partial charge >= 0.3 is 12.1 Å². The number of carboxylic acid groups (broad SMARTS) is 1. The molecule has 9 nitrogen and oxygen atoms in total. The quantitative estimate of drug-likeness (QED) is 0.438. The molecular weight excluding hydrogens is 414 g/mol. The van der Waals surface area contributed by atoms with E-state index in [-0.39, 0.29) is 12.5 Å². The predicted octanol–water partition coefficient (Wildman–Crippen LogP) is 1.61. The largest absolute Gasteiger partial charge is 0.481 e. The standard InChI is InChI=1S/C23H27N3O6/c1-15(12-16-8-4-2-5-9-16)20(24)22(30)26-21(29)18(13-19(27)28)25-23(31)32-14-17-10-6-3-7-11-17/h2-11,15,18,20H,12-14,24H2,1H3,(H,25,31)(H,27,28)(H,26,29,30)/t15?,18-,20?/m0/s1. The molecule has 3 amide bonds. The number of hydrogen-bond acceptors (Lipinski definition) is 6. The third-order valence-electron chi connectivity index (χ3n) is 4.76. The van der Waals surface area contributed by atoms with Crippen molar-refractivity contribution in [2.75, 3.05) is 0 Å². The van der Waals surface area contributed by atoms with Gasteiger partial charge in [-0.1, -0.05) is 67.6 Å². The fraction of sp³-hybridized carbons (Fsp3) is 0.304. The van der Waals surface area contributed by atoms with E-state index in [0.29, 0.717) is 6.42 Å². The van der Waals surface area contributed by atoms with Crippen LogP contribution in [0.5, 0.6) is 0 Å². The molecule has 2 aromatic rings. The van der Waals surface area contributed by atoms with Crippen molar-refractivity contribution in [3.8, 4) is 0 Å². The summed E-state index contributed by atoms with van der Waals surface area (Å²) >= 11 is 0. The Morgan fingerprint density at radius 1 is 0.938 bits per heavy atom. The number of carbonyl (C=O) groups is 4. The first-order valence-corrected chi connectivity index (χ1v) is 10.1. The first kappa shape index (κ1) is 24.5. The lowest BCUT2D eigenvalue weighted by atomic mass is 9.94. The summed E-state index contributed by atoms with van der Waals surface area (Å²) in [6.07, 6.45) is -1.19. The molecule has 5 N–H and O–H groups in total. The highest BCUT2D eigenvalue weighted by Crippen LogP contribution is 2.11. The number of rotatable bonds is 10. The number of aliphatic carboxylic acids is 1. The zero-order valence-corrected chi connectivity index (χ0v) is 17.7. The molecule has 2 rings (SSSR count). The summed E-state index contributed by atoms with van der Waals surface area (Å²) in [5.74, 6) is -3.35. The van der Waals surface area contributed by atoms with Crippen molar-refractivity contribution in [3.05, 3.63) is 71.8 Å². The van der Waals surface area contributed by atoms with Crippen molar-refractivity contribution in [1.82, 2.24) is 10.6 Å². The van der Waals surface area contributed by atoms with Gasteiger partial charge in [0.15, 0.2) is 0 Å². The average molecular weight is 441 g/mol. The monoisotopic (exact) mass is 441 g/mol. The van der Waals surface area contributed by atoms with Gasteiger partial charge in [0.1, 0.15) is 12.6 Å². The molecule has 2 unspecified atom stereocenters. The van der Waals surface area contributed by atoms with E-state index in [4.69, 9.17) is 15.6 Å². The molecule has 9 heteroatoms. The molecule has 3 atom stereocenters. The maximum Gasteiger partial charge on any atom is 0.408 e. The third-order valence-corrected chi connectivity index (χ3v) is 4.76. The van der Waals surface area contributed by atoms with Crippen LogP contribution in [0.1, 0.15) is 24.5 Å². The fourth-order valence-corrected chi connectivity index (χ4v) is 2.95. The Balaban J connectivity index is 1.91. The summed E-state index contributed by atoms with van der Waals surface area (Å²) < 4.78 is 5.01. The van der Waals surface area contributed by atoms with Crippen LogP contribution >= 0.6 is 0 Å². The molecule has 32 heavy (non-hydrogen) atoms. The van der Waals surface area contributed by atoms with Gasteiger partial charge in [-0.25, -0.2) is 4.79 Å². The Morgan fingerprint density at radius 2 is 1.50 bits per heavy atom. The van der Waals surface area contributed by atoms with Gasteiger partial charge in [-0.2, -0.15) is 0 Å². The van der Waals surface area contributed by atoms with Crippen molar-refractivity contribution in [2.24, 2.45) is 11.7 Å². The van der Waals surface area contributed by atoms with Gasteiger partial charge in [0.2, 0.25) is 11.8 Å². The van der Waals surface area contributed by atoms with Crippen LogP contribution in [0, 0.1) is 5.92 Å². The Hall–Kier alpha value is -3.72. The molecule has 0 fully saturated rings. The number of ether oxygens (including phenoxy) is 1. The van der Waals surface area contributed by atoms with Crippen LogP contribution in [0.25, 0.3) is 0 Å². The number of alkyl carbamates (subject to hydrolysis) is 1. The molecule has 170 valence electrons. The van der Waals surface area contributed by atoms with Crippen LogP contribution in [0.4, 0.5) is 4.79 Å². The zero-order valence-electron chi connectivity index (χ0n) is 17.7. The number of hydrogen-bond donors (Lipinski definition) is 4. The smallest absolute Gasteiger partial charge is 0.408 e. The van der Waals surface area contributed by atoms with Crippen LogP contribution in [-0.2, 0) is 32.1 Å². The van der Waals surface area contributed by atoms with Gasteiger partial charge in [0, 0.05) is 0 Å². The van der Waals surface area contributed by atoms with Gasteiger partial charge < -0.3 is 20.9 Å². The zero-order chi connectivity index (χ0) is 23.5. The van der Waals surface area contributed by atoms with Crippen molar-refractivity contribution in [1.29, 1.82) is 0 Å². The molecular formula is C23H27N3O6. The van der Waals surface area contributed by atoms with Gasteiger partial charge in [-0.3, -0.25) is 19.7 Å². The van der Waals surface area contributed by atoms with Crippen LogP contribution < -0.4 is 16.4 Å². The molecule has 0 aliphatic carbocycles. The first-order valence-electron chi connectivity index (χ1n) is 10.1. The van der Waals surface area contributed by atoms with E-state index >= 15 is 0 Å². The number of amides is 3. The average Bonchev–Trinajstić information content (AvgIpc) is 2.77. The molecule has 0 saturated heterocycles. The van der Waals surface area contributed by atoms with E-state index in [0.717, 1.165) is 11.1 Å².